The maximum Gasteiger partial charge on any atom is 0.0369 e. The van der Waals surface area contributed by atoms with Crippen molar-refractivity contribution in [2.75, 3.05) is 5.75 Å². The standard InChI is InChI=1S/C15H22N2S/c16-17-14(15-5-2-8-18-15)10-11-6-7-12-3-1-4-13(12)9-11/h6-7,9,14-15,17H,1-5,8,10,16H2. The minimum absolute atomic E-state index is 0.428. The molecule has 98 valence electrons. The molecule has 3 heteroatoms. The molecule has 1 aliphatic carbocycles. The quantitative estimate of drug-likeness (QED) is 0.646. The summed E-state index contributed by atoms with van der Waals surface area (Å²) in [6, 6.07) is 7.46. The monoisotopic (exact) mass is 262 g/mol. The lowest BCUT2D eigenvalue weighted by Gasteiger charge is -2.22. The third-order valence-electron chi connectivity index (χ3n) is 4.25. The van der Waals surface area contributed by atoms with Gasteiger partial charge in [-0.25, -0.2) is 0 Å². The van der Waals surface area contributed by atoms with Crippen molar-refractivity contribution in [3.8, 4) is 0 Å². The van der Waals surface area contributed by atoms with Gasteiger partial charge in [0.1, 0.15) is 0 Å². The summed E-state index contributed by atoms with van der Waals surface area (Å²) in [6.07, 6.45) is 7.59. The van der Waals surface area contributed by atoms with Gasteiger partial charge in [-0.2, -0.15) is 11.8 Å². The Bertz CT molecular complexity index is 413. The van der Waals surface area contributed by atoms with Crippen LogP contribution in [-0.2, 0) is 19.3 Å². The van der Waals surface area contributed by atoms with E-state index in [0.717, 1.165) is 6.42 Å². The van der Waals surface area contributed by atoms with Crippen LogP contribution in [0.15, 0.2) is 18.2 Å². The summed E-state index contributed by atoms with van der Waals surface area (Å²) >= 11 is 2.08. The molecule has 0 bridgehead atoms. The largest absolute Gasteiger partial charge is 0.271 e. The number of hydrogen-bond acceptors (Lipinski definition) is 3. The average molecular weight is 262 g/mol. The zero-order chi connectivity index (χ0) is 12.4. The van der Waals surface area contributed by atoms with Gasteiger partial charge in [-0.05, 0) is 61.0 Å². The lowest BCUT2D eigenvalue weighted by Crippen LogP contribution is -2.43. The van der Waals surface area contributed by atoms with Gasteiger partial charge in [0.2, 0.25) is 0 Å². The fourth-order valence-corrected chi connectivity index (χ4v) is 4.60. The number of hydrogen-bond donors (Lipinski definition) is 2. The van der Waals surface area contributed by atoms with Crippen molar-refractivity contribution in [2.45, 2.75) is 49.8 Å². The minimum atomic E-state index is 0.428. The van der Waals surface area contributed by atoms with Crippen molar-refractivity contribution >= 4 is 11.8 Å². The highest BCUT2D eigenvalue weighted by atomic mass is 32.2. The Hall–Kier alpha value is -0.510. The van der Waals surface area contributed by atoms with Crippen LogP contribution in [0.5, 0.6) is 0 Å². The zero-order valence-corrected chi connectivity index (χ0v) is 11.6. The van der Waals surface area contributed by atoms with Crippen molar-refractivity contribution in [3.63, 3.8) is 0 Å². The number of nitrogens with one attached hydrogen (secondary N) is 1. The molecule has 2 nitrogen and oxygen atoms in total. The van der Waals surface area contributed by atoms with E-state index < -0.39 is 0 Å². The fraction of sp³-hybridized carbons (Fsp3) is 0.600. The molecule has 1 fully saturated rings. The molecule has 2 aliphatic rings. The third kappa shape index (κ3) is 2.58. The molecule has 0 spiro atoms. The minimum Gasteiger partial charge on any atom is -0.271 e. The van der Waals surface area contributed by atoms with Crippen molar-refractivity contribution in [2.24, 2.45) is 5.84 Å². The molecule has 0 radical (unpaired) electrons. The lowest BCUT2D eigenvalue weighted by atomic mass is 9.98. The Morgan fingerprint density at radius 3 is 2.94 bits per heavy atom. The van der Waals surface area contributed by atoms with Crippen LogP contribution < -0.4 is 11.3 Å². The predicted octanol–water partition coefficient (Wildman–Crippen LogP) is 2.45. The summed E-state index contributed by atoms with van der Waals surface area (Å²) in [7, 11) is 0. The van der Waals surface area contributed by atoms with E-state index in [-0.39, 0.29) is 0 Å². The van der Waals surface area contributed by atoms with Crippen molar-refractivity contribution < 1.29 is 0 Å². The van der Waals surface area contributed by atoms with E-state index >= 15 is 0 Å². The molecule has 3 rings (SSSR count). The summed E-state index contributed by atoms with van der Waals surface area (Å²) < 4.78 is 0. The number of rotatable bonds is 4. The molecular weight excluding hydrogens is 240 g/mol. The van der Waals surface area contributed by atoms with Crippen LogP contribution in [0.4, 0.5) is 0 Å². The molecule has 0 aromatic heterocycles. The number of fused-ring (bicyclic) bond motifs is 1. The summed E-state index contributed by atoms with van der Waals surface area (Å²) in [6.45, 7) is 0. The Morgan fingerprint density at radius 2 is 2.17 bits per heavy atom. The van der Waals surface area contributed by atoms with Gasteiger partial charge >= 0.3 is 0 Å². The summed E-state index contributed by atoms with van der Waals surface area (Å²) in [4.78, 5) is 0. The van der Waals surface area contributed by atoms with E-state index in [4.69, 9.17) is 5.84 Å². The van der Waals surface area contributed by atoms with Crippen molar-refractivity contribution in [1.82, 2.24) is 5.43 Å². The first-order valence-electron chi connectivity index (χ1n) is 7.05. The molecule has 18 heavy (non-hydrogen) atoms. The highest BCUT2D eigenvalue weighted by molar-refractivity contribution is 8.00. The Labute approximate surface area is 114 Å². The second-order valence-corrected chi connectivity index (χ2v) is 6.83. The summed E-state index contributed by atoms with van der Waals surface area (Å²) in [5.41, 5.74) is 7.62. The van der Waals surface area contributed by atoms with Gasteiger partial charge in [0.25, 0.3) is 0 Å². The Kier molecular flexibility index (Phi) is 3.92. The van der Waals surface area contributed by atoms with Crippen LogP contribution >= 0.6 is 11.8 Å². The molecule has 1 saturated heterocycles. The summed E-state index contributed by atoms with van der Waals surface area (Å²) in [5.74, 6) is 7.05. The van der Waals surface area contributed by atoms with Crippen LogP contribution in [0.3, 0.4) is 0 Å². The topological polar surface area (TPSA) is 38.0 Å². The fourth-order valence-electron chi connectivity index (χ4n) is 3.22. The van der Waals surface area contributed by atoms with Crippen molar-refractivity contribution in [1.29, 1.82) is 0 Å². The molecule has 1 aromatic rings. The average Bonchev–Trinajstić information content (AvgIpc) is 3.06. The maximum absolute atomic E-state index is 5.75. The van der Waals surface area contributed by atoms with Crippen molar-refractivity contribution in [3.05, 3.63) is 34.9 Å². The predicted molar refractivity (Wildman–Crippen MR) is 78.8 cm³/mol. The molecule has 2 unspecified atom stereocenters. The van der Waals surface area contributed by atoms with Gasteiger partial charge in [-0.3, -0.25) is 11.3 Å². The van der Waals surface area contributed by atoms with E-state index in [0.29, 0.717) is 11.3 Å². The first-order chi connectivity index (χ1) is 8.86. The highest BCUT2D eigenvalue weighted by Gasteiger charge is 2.25. The van der Waals surface area contributed by atoms with E-state index in [1.54, 1.807) is 11.1 Å². The lowest BCUT2D eigenvalue weighted by molar-refractivity contribution is 0.496. The molecular formula is C15H22N2S. The first-order valence-corrected chi connectivity index (χ1v) is 8.10. The molecule has 3 N–H and O–H groups in total. The number of aryl methyl sites for hydroxylation is 2. The van der Waals surface area contributed by atoms with E-state index in [2.05, 4.69) is 35.4 Å². The van der Waals surface area contributed by atoms with Gasteiger partial charge in [-0.1, -0.05) is 18.2 Å². The number of hydrazine groups is 1. The zero-order valence-electron chi connectivity index (χ0n) is 10.8. The molecule has 1 aliphatic heterocycles. The normalized spacial score (nSPS) is 24.2. The second-order valence-electron chi connectivity index (χ2n) is 5.49. The maximum atomic E-state index is 5.75. The molecule has 0 amide bonds. The van der Waals surface area contributed by atoms with Crippen LogP contribution in [0, 0.1) is 0 Å². The number of benzene rings is 1. The molecule has 2 atom stereocenters. The van der Waals surface area contributed by atoms with Gasteiger partial charge in [0.15, 0.2) is 0 Å². The SMILES string of the molecule is NNC(Cc1ccc2c(c1)CCC2)C1CCCS1. The van der Waals surface area contributed by atoms with Gasteiger partial charge in [-0.15, -0.1) is 0 Å². The van der Waals surface area contributed by atoms with Crippen LogP contribution in [0.25, 0.3) is 0 Å². The smallest absolute Gasteiger partial charge is 0.0369 e. The number of nitrogens with two attached hydrogens (primary N) is 1. The molecule has 0 saturated carbocycles. The molecule has 1 aromatic carbocycles. The third-order valence-corrected chi connectivity index (χ3v) is 5.76. The van der Waals surface area contributed by atoms with E-state index in [1.807, 2.05) is 0 Å². The van der Waals surface area contributed by atoms with Crippen LogP contribution in [0.1, 0.15) is 36.0 Å². The van der Waals surface area contributed by atoms with Gasteiger partial charge < -0.3 is 0 Å². The Morgan fingerprint density at radius 1 is 1.28 bits per heavy atom. The van der Waals surface area contributed by atoms with Crippen LogP contribution in [0.2, 0.25) is 0 Å². The summed E-state index contributed by atoms with van der Waals surface area (Å²) in [5, 5.41) is 0.697. The van der Waals surface area contributed by atoms with Gasteiger partial charge in [0.05, 0.1) is 0 Å². The Balaban J connectivity index is 1.70. The second kappa shape index (κ2) is 5.64. The highest BCUT2D eigenvalue weighted by Crippen LogP contribution is 2.30. The first kappa shape index (κ1) is 12.5. The van der Waals surface area contributed by atoms with E-state index in [1.165, 1.54) is 43.4 Å². The van der Waals surface area contributed by atoms with Gasteiger partial charge in [0, 0.05) is 11.3 Å². The van der Waals surface area contributed by atoms with Crippen LogP contribution in [-0.4, -0.2) is 17.0 Å². The molecule has 1 heterocycles. The van der Waals surface area contributed by atoms with E-state index in [9.17, 15) is 0 Å². The number of thioether (sulfide) groups is 1.